The first kappa shape index (κ1) is 12.0. The van der Waals surface area contributed by atoms with Crippen molar-refractivity contribution in [2.24, 2.45) is 0 Å². The van der Waals surface area contributed by atoms with Crippen LogP contribution in [-0.2, 0) is 0 Å². The maximum Gasteiger partial charge on any atom is 0.252 e. The van der Waals surface area contributed by atoms with E-state index >= 15 is 0 Å². The Morgan fingerprint density at radius 2 is 2.24 bits per heavy atom. The molecule has 1 fully saturated rings. The number of carbonyl (C=O) groups excluding carboxylic acids is 1. The number of rotatable bonds is 2. The second-order valence-electron chi connectivity index (χ2n) is 4.42. The van der Waals surface area contributed by atoms with Gasteiger partial charge in [0.25, 0.3) is 5.91 Å². The van der Waals surface area contributed by atoms with Crippen molar-refractivity contribution in [1.29, 1.82) is 0 Å². The van der Waals surface area contributed by atoms with Gasteiger partial charge in [0, 0.05) is 11.6 Å². The Bertz CT molecular complexity index is 436. The first-order valence-electron chi connectivity index (χ1n) is 5.64. The van der Waals surface area contributed by atoms with E-state index < -0.39 is 0 Å². The number of hydrogen-bond acceptors (Lipinski definition) is 3. The lowest BCUT2D eigenvalue weighted by Gasteiger charge is -2.12. The number of nitrogens with one attached hydrogen (secondary N) is 3. The lowest BCUT2D eigenvalue weighted by molar-refractivity contribution is 0.0932. The van der Waals surface area contributed by atoms with Gasteiger partial charge in [0.05, 0.1) is 6.17 Å². The molecule has 1 aromatic carbocycles. The average molecular weight is 237 g/mol. The molecule has 0 saturated carbocycles. The molecular formula is C12H16FN3O. The molecule has 92 valence electrons. The topological polar surface area (TPSA) is 53.2 Å². The molecule has 1 aliphatic heterocycles. The third-order valence-corrected chi connectivity index (χ3v) is 2.83. The molecule has 0 radical (unpaired) electrons. The third kappa shape index (κ3) is 2.81. The molecule has 1 aliphatic rings. The van der Waals surface area contributed by atoms with Crippen LogP contribution in [0.4, 0.5) is 4.39 Å². The fourth-order valence-corrected chi connectivity index (χ4v) is 1.78. The smallest absolute Gasteiger partial charge is 0.252 e. The minimum absolute atomic E-state index is 0.109. The van der Waals surface area contributed by atoms with Crippen molar-refractivity contribution in [2.45, 2.75) is 32.5 Å². The van der Waals surface area contributed by atoms with Gasteiger partial charge in [-0.15, -0.1) is 0 Å². The molecule has 2 unspecified atom stereocenters. The van der Waals surface area contributed by atoms with Crippen LogP contribution in [0.5, 0.6) is 0 Å². The lowest BCUT2D eigenvalue weighted by Crippen LogP contribution is -2.44. The second-order valence-corrected chi connectivity index (χ2v) is 4.42. The van der Waals surface area contributed by atoms with Crippen molar-refractivity contribution in [3.8, 4) is 0 Å². The molecule has 1 amide bonds. The first-order chi connectivity index (χ1) is 8.06. The van der Waals surface area contributed by atoms with Crippen molar-refractivity contribution < 1.29 is 9.18 Å². The van der Waals surface area contributed by atoms with Gasteiger partial charge in [0.15, 0.2) is 0 Å². The van der Waals surface area contributed by atoms with Gasteiger partial charge in [-0.25, -0.2) is 9.82 Å². The predicted molar refractivity (Wildman–Crippen MR) is 62.7 cm³/mol. The van der Waals surface area contributed by atoms with Gasteiger partial charge in [-0.1, -0.05) is 6.07 Å². The van der Waals surface area contributed by atoms with Gasteiger partial charge < -0.3 is 5.32 Å². The van der Waals surface area contributed by atoms with Crippen LogP contribution in [0, 0.1) is 12.7 Å². The molecule has 1 aromatic rings. The molecular weight excluding hydrogens is 221 g/mol. The largest absolute Gasteiger partial charge is 0.335 e. The van der Waals surface area contributed by atoms with Crippen LogP contribution in [0.15, 0.2) is 18.2 Å². The van der Waals surface area contributed by atoms with Crippen LogP contribution >= 0.6 is 0 Å². The number of amides is 1. The summed E-state index contributed by atoms with van der Waals surface area (Å²) in [6.07, 6.45) is 0.696. The summed E-state index contributed by atoms with van der Waals surface area (Å²) in [5.74, 6) is -0.624. The van der Waals surface area contributed by atoms with Crippen LogP contribution in [-0.4, -0.2) is 18.1 Å². The zero-order chi connectivity index (χ0) is 12.4. The number of carbonyl (C=O) groups is 1. The molecule has 1 saturated heterocycles. The zero-order valence-electron chi connectivity index (χ0n) is 9.88. The molecule has 2 atom stereocenters. The van der Waals surface area contributed by atoms with E-state index in [0.717, 1.165) is 6.42 Å². The van der Waals surface area contributed by atoms with Gasteiger partial charge in [-0.3, -0.25) is 10.2 Å². The summed E-state index contributed by atoms with van der Waals surface area (Å²) in [6, 6.07) is 4.80. The van der Waals surface area contributed by atoms with Gasteiger partial charge >= 0.3 is 0 Å². The molecule has 1 heterocycles. The van der Waals surface area contributed by atoms with E-state index in [9.17, 15) is 9.18 Å². The SMILES string of the molecule is Cc1ccc(C(=O)NC2CC(C)NN2)cc1F. The van der Waals surface area contributed by atoms with Crippen LogP contribution in [0.25, 0.3) is 0 Å². The minimum atomic E-state index is -0.358. The Morgan fingerprint density at radius 3 is 2.82 bits per heavy atom. The first-order valence-corrected chi connectivity index (χ1v) is 5.64. The molecule has 3 N–H and O–H groups in total. The summed E-state index contributed by atoms with van der Waals surface area (Å²) in [6.45, 7) is 3.69. The summed E-state index contributed by atoms with van der Waals surface area (Å²) >= 11 is 0. The zero-order valence-corrected chi connectivity index (χ0v) is 9.88. The summed E-state index contributed by atoms with van der Waals surface area (Å²) < 4.78 is 13.3. The van der Waals surface area contributed by atoms with E-state index in [2.05, 4.69) is 16.2 Å². The Balaban J connectivity index is 2.02. The number of halogens is 1. The highest BCUT2D eigenvalue weighted by Gasteiger charge is 2.22. The molecule has 0 bridgehead atoms. The molecule has 0 spiro atoms. The molecule has 0 aliphatic carbocycles. The number of aryl methyl sites for hydroxylation is 1. The van der Waals surface area contributed by atoms with Crippen molar-refractivity contribution in [3.63, 3.8) is 0 Å². The van der Waals surface area contributed by atoms with Gasteiger partial charge in [0.1, 0.15) is 5.82 Å². The monoisotopic (exact) mass is 237 g/mol. The van der Waals surface area contributed by atoms with E-state index in [0.29, 0.717) is 17.2 Å². The van der Waals surface area contributed by atoms with E-state index in [1.807, 2.05) is 6.92 Å². The van der Waals surface area contributed by atoms with Crippen LogP contribution < -0.4 is 16.2 Å². The maximum absolute atomic E-state index is 13.3. The number of benzene rings is 1. The van der Waals surface area contributed by atoms with Gasteiger partial charge in [0.2, 0.25) is 0 Å². The van der Waals surface area contributed by atoms with E-state index in [1.54, 1.807) is 19.1 Å². The van der Waals surface area contributed by atoms with E-state index in [4.69, 9.17) is 0 Å². The van der Waals surface area contributed by atoms with Crippen LogP contribution in [0.1, 0.15) is 29.3 Å². The lowest BCUT2D eigenvalue weighted by atomic mass is 10.1. The summed E-state index contributed by atoms with van der Waals surface area (Å²) in [5.41, 5.74) is 6.85. The summed E-state index contributed by atoms with van der Waals surface area (Å²) in [5, 5.41) is 2.79. The van der Waals surface area contributed by atoms with Crippen molar-refractivity contribution in [2.75, 3.05) is 0 Å². The summed E-state index contributed by atoms with van der Waals surface area (Å²) in [7, 11) is 0. The Morgan fingerprint density at radius 1 is 1.47 bits per heavy atom. The minimum Gasteiger partial charge on any atom is -0.335 e. The highest BCUT2D eigenvalue weighted by Crippen LogP contribution is 2.10. The highest BCUT2D eigenvalue weighted by molar-refractivity contribution is 5.94. The Hall–Kier alpha value is -1.46. The highest BCUT2D eigenvalue weighted by atomic mass is 19.1. The molecule has 5 heteroatoms. The van der Waals surface area contributed by atoms with Crippen molar-refractivity contribution >= 4 is 5.91 Å². The second kappa shape index (κ2) is 4.81. The average Bonchev–Trinajstić information content (AvgIpc) is 2.68. The molecule has 2 rings (SSSR count). The molecule has 0 aromatic heterocycles. The van der Waals surface area contributed by atoms with Crippen LogP contribution in [0.2, 0.25) is 0 Å². The number of hydrazine groups is 1. The van der Waals surface area contributed by atoms with Gasteiger partial charge in [-0.2, -0.15) is 0 Å². The molecule has 4 nitrogen and oxygen atoms in total. The maximum atomic E-state index is 13.3. The number of hydrogen-bond donors (Lipinski definition) is 3. The van der Waals surface area contributed by atoms with E-state index in [-0.39, 0.29) is 17.9 Å². The predicted octanol–water partition coefficient (Wildman–Crippen LogP) is 1.08. The fraction of sp³-hybridized carbons (Fsp3) is 0.417. The quantitative estimate of drug-likeness (QED) is 0.721. The van der Waals surface area contributed by atoms with Gasteiger partial charge in [-0.05, 0) is 38.0 Å². The third-order valence-electron chi connectivity index (χ3n) is 2.83. The normalized spacial score (nSPS) is 23.7. The van der Waals surface area contributed by atoms with Crippen LogP contribution in [0.3, 0.4) is 0 Å². The fourth-order valence-electron chi connectivity index (χ4n) is 1.78. The Kier molecular flexibility index (Phi) is 3.40. The Labute approximate surface area is 99.6 Å². The van der Waals surface area contributed by atoms with Crippen molar-refractivity contribution in [1.82, 2.24) is 16.2 Å². The summed E-state index contributed by atoms with van der Waals surface area (Å²) in [4.78, 5) is 11.8. The van der Waals surface area contributed by atoms with E-state index in [1.165, 1.54) is 6.07 Å². The molecule has 17 heavy (non-hydrogen) atoms. The van der Waals surface area contributed by atoms with Crippen molar-refractivity contribution in [3.05, 3.63) is 35.1 Å². The standard InChI is InChI=1S/C12H16FN3O/c1-7-3-4-9(6-10(7)13)12(17)14-11-5-8(2)15-16-11/h3-4,6,8,11,15-16H,5H2,1-2H3,(H,14,17).